The molecule has 0 aliphatic carbocycles. The summed E-state index contributed by atoms with van der Waals surface area (Å²) < 4.78 is 1.37. The first-order valence-electron chi connectivity index (χ1n) is 7.45. The first-order valence-corrected chi connectivity index (χ1v) is 7.45. The molecule has 1 aromatic heterocycles. The Balaban J connectivity index is 1.75. The van der Waals surface area contributed by atoms with Crippen LogP contribution in [0.5, 0.6) is 0 Å². The molecule has 0 aliphatic heterocycles. The first kappa shape index (κ1) is 16.5. The summed E-state index contributed by atoms with van der Waals surface area (Å²) in [4.78, 5) is 22.7. The second-order valence-corrected chi connectivity index (χ2v) is 5.42. The van der Waals surface area contributed by atoms with Gasteiger partial charge in [0.2, 0.25) is 5.91 Å². The van der Waals surface area contributed by atoms with Crippen molar-refractivity contribution in [3.63, 3.8) is 0 Å². The summed E-state index contributed by atoms with van der Waals surface area (Å²) in [5.41, 5.74) is 6.84. The summed E-state index contributed by atoms with van der Waals surface area (Å²) in [6.07, 6.45) is 4.77. The maximum atomic E-state index is 11.9. The Bertz CT molecular complexity index is 654. The number of anilines is 1. The average molecular weight is 315 g/mol. The van der Waals surface area contributed by atoms with Crippen LogP contribution in [0.25, 0.3) is 0 Å². The quantitative estimate of drug-likeness (QED) is 0.721. The van der Waals surface area contributed by atoms with Gasteiger partial charge in [0.1, 0.15) is 6.54 Å². The first-order chi connectivity index (χ1) is 11.0. The van der Waals surface area contributed by atoms with Gasteiger partial charge in [-0.25, -0.2) is 4.79 Å². The van der Waals surface area contributed by atoms with Crippen LogP contribution in [0.4, 0.5) is 10.5 Å². The number of benzene rings is 1. The fourth-order valence-corrected chi connectivity index (χ4v) is 2.17. The number of hydrogen-bond acceptors (Lipinski definition) is 3. The van der Waals surface area contributed by atoms with Gasteiger partial charge in [-0.15, -0.1) is 0 Å². The lowest BCUT2D eigenvalue weighted by molar-refractivity contribution is -0.118. The number of carbonyl (C=O) groups is 2. The number of primary amides is 1. The Morgan fingerprint density at radius 1 is 1.30 bits per heavy atom. The highest BCUT2D eigenvalue weighted by atomic mass is 16.2. The number of aromatic nitrogens is 2. The smallest absolute Gasteiger partial charge is 0.319 e. The van der Waals surface area contributed by atoms with E-state index < -0.39 is 5.91 Å². The van der Waals surface area contributed by atoms with Crippen molar-refractivity contribution in [3.8, 4) is 0 Å². The minimum Gasteiger partial charge on any atom is -0.368 e. The number of rotatable bonds is 7. The molecule has 1 heterocycles. The highest BCUT2D eigenvalue weighted by molar-refractivity contribution is 5.89. The Morgan fingerprint density at radius 3 is 2.74 bits per heavy atom. The molecule has 0 saturated carbocycles. The number of aryl methyl sites for hydroxylation is 1. The van der Waals surface area contributed by atoms with Gasteiger partial charge in [-0.2, -0.15) is 5.10 Å². The third-order valence-corrected chi connectivity index (χ3v) is 3.30. The van der Waals surface area contributed by atoms with Crippen molar-refractivity contribution in [2.24, 2.45) is 5.73 Å². The summed E-state index contributed by atoms with van der Waals surface area (Å²) in [6.45, 7) is 1.94. The van der Waals surface area contributed by atoms with Gasteiger partial charge in [0, 0.05) is 12.2 Å². The molecule has 2 rings (SSSR count). The third-order valence-electron chi connectivity index (χ3n) is 3.30. The lowest BCUT2D eigenvalue weighted by Gasteiger charge is -2.14. The van der Waals surface area contributed by atoms with E-state index in [4.69, 9.17) is 5.73 Å². The lowest BCUT2D eigenvalue weighted by Crippen LogP contribution is -2.36. The van der Waals surface area contributed by atoms with Crippen LogP contribution in [0, 0.1) is 0 Å². The summed E-state index contributed by atoms with van der Waals surface area (Å²) in [7, 11) is 0. The van der Waals surface area contributed by atoms with Gasteiger partial charge in [0.15, 0.2) is 0 Å². The minimum absolute atomic E-state index is 0.0171. The van der Waals surface area contributed by atoms with Gasteiger partial charge in [-0.3, -0.25) is 9.48 Å². The van der Waals surface area contributed by atoms with Crippen molar-refractivity contribution in [1.82, 2.24) is 15.1 Å². The fourth-order valence-electron chi connectivity index (χ4n) is 2.17. The Kier molecular flexibility index (Phi) is 5.74. The Labute approximate surface area is 134 Å². The second-order valence-electron chi connectivity index (χ2n) is 5.42. The van der Waals surface area contributed by atoms with Gasteiger partial charge in [-0.05, 0) is 25.3 Å². The zero-order valence-corrected chi connectivity index (χ0v) is 13.0. The van der Waals surface area contributed by atoms with Crippen LogP contribution in [0.3, 0.4) is 0 Å². The van der Waals surface area contributed by atoms with Crippen LogP contribution in [0.1, 0.15) is 18.9 Å². The molecular weight excluding hydrogens is 294 g/mol. The van der Waals surface area contributed by atoms with Crippen LogP contribution >= 0.6 is 0 Å². The van der Waals surface area contributed by atoms with Crippen molar-refractivity contribution >= 4 is 17.6 Å². The van der Waals surface area contributed by atoms with Gasteiger partial charge in [0.25, 0.3) is 0 Å². The third kappa shape index (κ3) is 5.82. The monoisotopic (exact) mass is 315 g/mol. The SMILES string of the molecule is CC(CCc1ccccc1)NC(=O)Nc1cnn(CC(N)=O)c1. The van der Waals surface area contributed by atoms with Crippen LogP contribution in [0.2, 0.25) is 0 Å². The minimum atomic E-state index is -0.487. The fraction of sp³-hybridized carbons (Fsp3) is 0.312. The van der Waals surface area contributed by atoms with E-state index in [0.717, 1.165) is 12.8 Å². The van der Waals surface area contributed by atoms with Crippen molar-refractivity contribution in [3.05, 3.63) is 48.3 Å². The van der Waals surface area contributed by atoms with Gasteiger partial charge < -0.3 is 16.4 Å². The van der Waals surface area contributed by atoms with Crippen LogP contribution < -0.4 is 16.4 Å². The molecule has 7 heteroatoms. The number of urea groups is 1. The molecule has 0 aliphatic rings. The molecule has 3 amide bonds. The van der Waals surface area contributed by atoms with Crippen LogP contribution in [-0.2, 0) is 17.8 Å². The molecule has 0 radical (unpaired) electrons. The van der Waals surface area contributed by atoms with Crippen molar-refractivity contribution in [1.29, 1.82) is 0 Å². The van der Waals surface area contributed by atoms with Gasteiger partial charge >= 0.3 is 6.03 Å². The zero-order valence-electron chi connectivity index (χ0n) is 13.0. The largest absolute Gasteiger partial charge is 0.368 e. The van der Waals surface area contributed by atoms with E-state index in [-0.39, 0.29) is 18.6 Å². The molecule has 23 heavy (non-hydrogen) atoms. The Morgan fingerprint density at radius 2 is 2.04 bits per heavy atom. The topological polar surface area (TPSA) is 102 Å². The number of hydrogen-bond donors (Lipinski definition) is 3. The summed E-state index contributed by atoms with van der Waals surface area (Å²) in [5, 5.41) is 9.49. The van der Waals surface area contributed by atoms with Crippen molar-refractivity contribution in [2.45, 2.75) is 32.4 Å². The van der Waals surface area contributed by atoms with Crippen LogP contribution in [-0.4, -0.2) is 27.8 Å². The standard InChI is InChI=1S/C16H21N5O2/c1-12(7-8-13-5-3-2-4-6-13)19-16(23)20-14-9-18-21(10-14)11-15(17)22/h2-6,9-10,12H,7-8,11H2,1H3,(H2,17,22)(H2,19,20,23). The summed E-state index contributed by atoms with van der Waals surface area (Å²) in [6, 6.07) is 9.87. The normalized spacial score (nSPS) is 11.7. The molecule has 0 spiro atoms. The molecule has 1 unspecified atom stereocenters. The number of nitrogens with one attached hydrogen (secondary N) is 2. The molecule has 7 nitrogen and oxygen atoms in total. The van der Waals surface area contributed by atoms with E-state index in [0.29, 0.717) is 5.69 Å². The molecule has 0 fully saturated rings. The molecule has 0 saturated heterocycles. The number of nitrogens with zero attached hydrogens (tertiary/aromatic N) is 2. The average Bonchev–Trinajstić information content (AvgIpc) is 2.92. The molecule has 4 N–H and O–H groups in total. The molecule has 1 atom stereocenters. The zero-order chi connectivity index (χ0) is 16.7. The summed E-state index contributed by atoms with van der Waals surface area (Å²) in [5.74, 6) is -0.487. The number of amides is 3. The van der Waals surface area contributed by atoms with E-state index in [2.05, 4.69) is 27.9 Å². The molecule has 0 bridgehead atoms. The van der Waals surface area contributed by atoms with Crippen molar-refractivity contribution < 1.29 is 9.59 Å². The highest BCUT2D eigenvalue weighted by Gasteiger charge is 2.09. The number of carbonyl (C=O) groups excluding carboxylic acids is 2. The number of nitrogens with two attached hydrogens (primary N) is 1. The van der Waals surface area contributed by atoms with E-state index in [9.17, 15) is 9.59 Å². The maximum absolute atomic E-state index is 11.9. The highest BCUT2D eigenvalue weighted by Crippen LogP contribution is 2.07. The molecule has 2 aromatic rings. The lowest BCUT2D eigenvalue weighted by atomic mass is 10.1. The summed E-state index contributed by atoms with van der Waals surface area (Å²) >= 11 is 0. The van der Waals surface area contributed by atoms with E-state index in [1.165, 1.54) is 16.4 Å². The van der Waals surface area contributed by atoms with E-state index >= 15 is 0 Å². The van der Waals surface area contributed by atoms with E-state index in [1.54, 1.807) is 6.20 Å². The molecule has 122 valence electrons. The van der Waals surface area contributed by atoms with Crippen LogP contribution in [0.15, 0.2) is 42.7 Å². The second kappa shape index (κ2) is 7.98. The van der Waals surface area contributed by atoms with Crippen molar-refractivity contribution in [2.75, 3.05) is 5.32 Å². The predicted octanol–water partition coefficient (Wildman–Crippen LogP) is 1.51. The van der Waals surface area contributed by atoms with Gasteiger partial charge in [-0.1, -0.05) is 30.3 Å². The molecular formula is C16H21N5O2. The van der Waals surface area contributed by atoms with Gasteiger partial charge in [0.05, 0.1) is 11.9 Å². The molecule has 1 aromatic carbocycles. The Hall–Kier alpha value is -2.83. The maximum Gasteiger partial charge on any atom is 0.319 e. The van der Waals surface area contributed by atoms with E-state index in [1.807, 2.05) is 25.1 Å². The predicted molar refractivity (Wildman–Crippen MR) is 87.8 cm³/mol.